The fourth-order valence-electron chi connectivity index (χ4n) is 4.79. The number of likely N-dealkylation sites (N-methyl/N-ethyl adjacent to an activating group) is 1. The predicted octanol–water partition coefficient (Wildman–Crippen LogP) is 6.57. The Hall–Kier alpha value is -1.35. The van der Waals surface area contributed by atoms with Crippen LogP contribution < -0.4 is 0 Å². The molecule has 1 amide bonds. The lowest BCUT2D eigenvalue weighted by atomic mass is 10.0. The molecule has 0 aliphatic carbocycles. The number of carbonyl (C=O) groups is 1. The van der Waals surface area contributed by atoms with Crippen LogP contribution in [0.1, 0.15) is 96.5 Å². The summed E-state index contributed by atoms with van der Waals surface area (Å²) in [4.78, 5) is 14.8. The monoisotopic (exact) mass is 415 g/mol. The van der Waals surface area contributed by atoms with E-state index in [1.807, 2.05) is 0 Å². The third-order valence-electron chi connectivity index (χ3n) is 7.07. The fourth-order valence-corrected chi connectivity index (χ4v) is 4.79. The van der Waals surface area contributed by atoms with Crippen molar-refractivity contribution in [3.05, 3.63) is 35.9 Å². The second-order valence-corrected chi connectivity index (χ2v) is 9.42. The van der Waals surface area contributed by atoms with Crippen LogP contribution in [0.5, 0.6) is 0 Å². The van der Waals surface area contributed by atoms with Crippen molar-refractivity contribution in [2.45, 2.75) is 97.4 Å². The van der Waals surface area contributed by atoms with Crippen LogP contribution in [0.25, 0.3) is 0 Å². The summed E-state index contributed by atoms with van der Waals surface area (Å²) in [6.07, 6.45) is 15.5. The molecule has 170 valence electrons. The average molecular weight is 416 g/mol. The number of rotatable bonds is 15. The van der Waals surface area contributed by atoms with Crippen molar-refractivity contribution in [3.63, 3.8) is 0 Å². The van der Waals surface area contributed by atoms with Crippen molar-refractivity contribution in [2.75, 3.05) is 32.7 Å². The molecule has 1 saturated heterocycles. The molecule has 1 aromatic rings. The van der Waals surface area contributed by atoms with Gasteiger partial charge in [-0.05, 0) is 13.3 Å². The number of amides is 1. The summed E-state index contributed by atoms with van der Waals surface area (Å²) < 4.78 is 1.12. The Labute approximate surface area is 186 Å². The van der Waals surface area contributed by atoms with Gasteiger partial charge in [-0.15, -0.1) is 0 Å². The minimum atomic E-state index is 0.388. The SMILES string of the molecule is CCCCCCCCCCCCCC(=O)N1CC[N+](CC)(Cc2ccccc2)CC1. The largest absolute Gasteiger partial charge is 0.331 e. The van der Waals surface area contributed by atoms with Crippen LogP contribution in [0, 0.1) is 0 Å². The molecule has 0 spiro atoms. The Morgan fingerprint density at radius 2 is 1.33 bits per heavy atom. The normalized spacial score (nSPS) is 16.0. The molecule has 0 aromatic heterocycles. The molecule has 3 nitrogen and oxygen atoms in total. The molecule has 2 rings (SSSR count). The number of carbonyl (C=O) groups excluding carboxylic acids is 1. The number of hydrogen-bond donors (Lipinski definition) is 0. The molecule has 1 aliphatic heterocycles. The summed E-state index contributed by atoms with van der Waals surface area (Å²) in [7, 11) is 0. The second-order valence-electron chi connectivity index (χ2n) is 9.42. The first-order valence-electron chi connectivity index (χ1n) is 12.9. The molecule has 1 aromatic carbocycles. The van der Waals surface area contributed by atoms with Crippen molar-refractivity contribution in [1.29, 1.82) is 0 Å². The van der Waals surface area contributed by atoms with Crippen molar-refractivity contribution < 1.29 is 9.28 Å². The number of piperazine rings is 1. The molecule has 0 unspecified atom stereocenters. The van der Waals surface area contributed by atoms with E-state index in [1.165, 1.54) is 69.8 Å². The van der Waals surface area contributed by atoms with Gasteiger partial charge in [-0.2, -0.15) is 0 Å². The number of unbranched alkanes of at least 4 members (excludes halogenated alkanes) is 10. The number of benzene rings is 1. The molecule has 0 radical (unpaired) electrons. The van der Waals surface area contributed by atoms with Gasteiger partial charge in [0.05, 0.1) is 32.7 Å². The third kappa shape index (κ3) is 9.20. The lowest BCUT2D eigenvalue weighted by Gasteiger charge is -2.44. The van der Waals surface area contributed by atoms with E-state index in [4.69, 9.17) is 0 Å². The van der Waals surface area contributed by atoms with Gasteiger partial charge in [0.25, 0.3) is 0 Å². The van der Waals surface area contributed by atoms with Gasteiger partial charge in [-0.3, -0.25) is 4.79 Å². The first-order valence-corrected chi connectivity index (χ1v) is 12.9. The third-order valence-corrected chi connectivity index (χ3v) is 7.07. The Balaban J connectivity index is 1.54. The Morgan fingerprint density at radius 1 is 0.800 bits per heavy atom. The van der Waals surface area contributed by atoms with Gasteiger partial charge in [-0.25, -0.2) is 0 Å². The molecule has 0 saturated carbocycles. The molecular weight excluding hydrogens is 368 g/mol. The molecule has 1 heterocycles. The highest BCUT2D eigenvalue weighted by Gasteiger charge is 2.33. The molecule has 30 heavy (non-hydrogen) atoms. The molecule has 1 fully saturated rings. The summed E-state index contributed by atoms with van der Waals surface area (Å²) >= 11 is 0. The Morgan fingerprint density at radius 3 is 1.87 bits per heavy atom. The van der Waals surface area contributed by atoms with Crippen LogP contribution in [-0.2, 0) is 11.3 Å². The van der Waals surface area contributed by atoms with Gasteiger partial charge < -0.3 is 9.38 Å². The Bertz CT molecular complexity index is 563. The molecule has 3 heteroatoms. The highest BCUT2D eigenvalue weighted by molar-refractivity contribution is 5.76. The molecule has 0 atom stereocenters. The molecule has 0 N–H and O–H groups in total. The van der Waals surface area contributed by atoms with Crippen molar-refractivity contribution in [1.82, 2.24) is 4.90 Å². The van der Waals surface area contributed by atoms with E-state index in [-0.39, 0.29) is 0 Å². The zero-order valence-corrected chi connectivity index (χ0v) is 19.9. The summed E-state index contributed by atoms with van der Waals surface area (Å²) in [6.45, 7) is 10.9. The van der Waals surface area contributed by atoms with E-state index in [0.717, 1.165) is 56.6 Å². The number of hydrogen-bond acceptors (Lipinski definition) is 1. The van der Waals surface area contributed by atoms with E-state index < -0.39 is 0 Å². The standard InChI is InChI=1S/C27H47N2O/c1-3-5-6-7-8-9-10-11-12-13-17-20-27(30)28-21-23-29(4-2,24-22-28)25-26-18-15-14-16-19-26/h14-16,18-19H,3-13,17,20-25H2,1-2H3/q+1. The molecule has 0 bridgehead atoms. The summed E-state index contributed by atoms with van der Waals surface area (Å²) in [5.74, 6) is 0.388. The van der Waals surface area contributed by atoms with E-state index in [1.54, 1.807) is 0 Å². The second kappa shape index (κ2) is 14.6. The zero-order chi connectivity index (χ0) is 21.5. The van der Waals surface area contributed by atoms with Crippen LogP contribution >= 0.6 is 0 Å². The first-order chi connectivity index (χ1) is 14.7. The average Bonchev–Trinajstić information content (AvgIpc) is 2.78. The van der Waals surface area contributed by atoms with Crippen molar-refractivity contribution in [2.24, 2.45) is 0 Å². The summed E-state index contributed by atoms with van der Waals surface area (Å²) in [6, 6.07) is 10.8. The van der Waals surface area contributed by atoms with E-state index in [0.29, 0.717) is 5.91 Å². The van der Waals surface area contributed by atoms with Crippen LogP contribution in [-0.4, -0.2) is 48.0 Å². The van der Waals surface area contributed by atoms with Crippen LogP contribution in [0.2, 0.25) is 0 Å². The van der Waals surface area contributed by atoms with Gasteiger partial charge in [-0.1, -0.05) is 101 Å². The smallest absolute Gasteiger partial charge is 0.222 e. The number of nitrogens with zero attached hydrogens (tertiary/aromatic N) is 2. The minimum absolute atomic E-state index is 0.388. The van der Waals surface area contributed by atoms with Crippen LogP contribution in [0.15, 0.2) is 30.3 Å². The number of quaternary nitrogens is 1. The van der Waals surface area contributed by atoms with Crippen LogP contribution in [0.4, 0.5) is 0 Å². The van der Waals surface area contributed by atoms with Gasteiger partial charge >= 0.3 is 0 Å². The predicted molar refractivity (Wildman–Crippen MR) is 128 cm³/mol. The highest BCUT2D eigenvalue weighted by Crippen LogP contribution is 2.19. The van der Waals surface area contributed by atoms with Gasteiger partial charge in [0.2, 0.25) is 5.91 Å². The minimum Gasteiger partial charge on any atom is -0.331 e. The first kappa shape index (κ1) is 24.9. The van der Waals surface area contributed by atoms with E-state index in [2.05, 4.69) is 49.1 Å². The quantitative estimate of drug-likeness (QED) is 0.234. The molecular formula is C27H47N2O+. The maximum absolute atomic E-state index is 12.6. The fraction of sp³-hybridized carbons (Fsp3) is 0.741. The Kier molecular flexibility index (Phi) is 12.1. The van der Waals surface area contributed by atoms with E-state index >= 15 is 0 Å². The maximum atomic E-state index is 12.6. The lowest BCUT2D eigenvalue weighted by Crippen LogP contribution is -2.59. The zero-order valence-electron chi connectivity index (χ0n) is 19.9. The van der Waals surface area contributed by atoms with Gasteiger partial charge in [0.1, 0.15) is 6.54 Å². The molecule has 1 aliphatic rings. The topological polar surface area (TPSA) is 20.3 Å². The van der Waals surface area contributed by atoms with Crippen LogP contribution in [0.3, 0.4) is 0 Å². The van der Waals surface area contributed by atoms with Crippen molar-refractivity contribution in [3.8, 4) is 0 Å². The maximum Gasteiger partial charge on any atom is 0.222 e. The summed E-state index contributed by atoms with van der Waals surface area (Å²) in [5, 5.41) is 0. The summed E-state index contributed by atoms with van der Waals surface area (Å²) in [5.41, 5.74) is 1.42. The van der Waals surface area contributed by atoms with Gasteiger partial charge in [0.15, 0.2) is 0 Å². The lowest BCUT2D eigenvalue weighted by molar-refractivity contribution is -0.942. The van der Waals surface area contributed by atoms with Crippen molar-refractivity contribution >= 4 is 5.91 Å². The highest BCUT2D eigenvalue weighted by atomic mass is 16.2. The van der Waals surface area contributed by atoms with Gasteiger partial charge in [0, 0.05) is 12.0 Å². The van der Waals surface area contributed by atoms with E-state index in [9.17, 15) is 4.79 Å².